The lowest BCUT2D eigenvalue weighted by molar-refractivity contribution is -0.00482. The van der Waals surface area contributed by atoms with Crippen molar-refractivity contribution in [2.75, 3.05) is 0 Å². The van der Waals surface area contributed by atoms with Crippen LogP contribution < -0.4 is 0 Å². The third-order valence-electron chi connectivity index (χ3n) is 9.91. The molecule has 0 heterocycles. The van der Waals surface area contributed by atoms with Crippen LogP contribution in [0.5, 0.6) is 0 Å². The normalized spacial score (nSPS) is 48.4. The lowest BCUT2D eigenvalue weighted by Gasteiger charge is -2.39. The fourth-order valence-corrected chi connectivity index (χ4v) is 7.67. The maximum Gasteiger partial charge on any atom is 0.162 e. The third kappa shape index (κ3) is 5.77. The number of halogens is 3. The van der Waals surface area contributed by atoms with Crippen molar-refractivity contribution in [3.63, 3.8) is 0 Å². The van der Waals surface area contributed by atoms with Crippen LogP contribution in [0.3, 0.4) is 0 Å². The SMILES string of the molecule is CC1CCC(C2CCC(CCC3CCC(C4CC(F)C(F)C(F)C4)CC3)CC2)CC1. The molecule has 3 heteroatoms. The third-order valence-corrected chi connectivity index (χ3v) is 9.91. The second-order valence-corrected chi connectivity index (χ2v) is 11.9. The minimum atomic E-state index is -1.88. The van der Waals surface area contributed by atoms with E-state index in [2.05, 4.69) is 6.92 Å². The fourth-order valence-electron chi connectivity index (χ4n) is 7.67. The summed E-state index contributed by atoms with van der Waals surface area (Å²) >= 11 is 0. The fraction of sp³-hybridized carbons (Fsp3) is 1.00. The quantitative estimate of drug-likeness (QED) is 0.413. The van der Waals surface area contributed by atoms with Crippen LogP contribution in [0, 0.1) is 41.4 Å². The summed E-state index contributed by atoms with van der Waals surface area (Å²) < 4.78 is 41.0. The van der Waals surface area contributed by atoms with E-state index < -0.39 is 18.5 Å². The van der Waals surface area contributed by atoms with Gasteiger partial charge in [0.2, 0.25) is 0 Å². The molecule has 0 aromatic heterocycles. The van der Waals surface area contributed by atoms with Crippen molar-refractivity contribution in [3.05, 3.63) is 0 Å². The van der Waals surface area contributed by atoms with Gasteiger partial charge in [0.15, 0.2) is 6.17 Å². The van der Waals surface area contributed by atoms with Gasteiger partial charge in [0.1, 0.15) is 12.3 Å². The highest BCUT2D eigenvalue weighted by Gasteiger charge is 2.42. The lowest BCUT2D eigenvalue weighted by atomic mass is 9.67. The molecule has 0 aliphatic heterocycles. The summed E-state index contributed by atoms with van der Waals surface area (Å²) in [6, 6.07) is 0. The average Bonchev–Trinajstić information content (AvgIpc) is 2.77. The van der Waals surface area contributed by atoms with E-state index in [4.69, 9.17) is 0 Å². The molecule has 4 aliphatic rings. The highest BCUT2D eigenvalue weighted by molar-refractivity contribution is 4.91. The van der Waals surface area contributed by atoms with Crippen LogP contribution in [-0.2, 0) is 0 Å². The molecule has 0 aromatic carbocycles. The van der Waals surface area contributed by atoms with Crippen molar-refractivity contribution in [2.45, 2.75) is 128 Å². The monoisotopic (exact) mass is 426 g/mol. The van der Waals surface area contributed by atoms with Gasteiger partial charge in [0, 0.05) is 0 Å². The Balaban J connectivity index is 1.11. The molecule has 0 spiro atoms. The van der Waals surface area contributed by atoms with E-state index >= 15 is 0 Å². The molecule has 4 aliphatic carbocycles. The molecule has 0 saturated heterocycles. The molecule has 0 bridgehead atoms. The molecule has 0 radical (unpaired) electrons. The molecule has 2 atom stereocenters. The van der Waals surface area contributed by atoms with Gasteiger partial charge in [-0.1, -0.05) is 58.3 Å². The van der Waals surface area contributed by atoms with Crippen LogP contribution in [0.1, 0.15) is 110 Å². The van der Waals surface area contributed by atoms with Gasteiger partial charge >= 0.3 is 0 Å². The first kappa shape index (κ1) is 23.0. The summed E-state index contributed by atoms with van der Waals surface area (Å²) in [4.78, 5) is 0. The molecule has 4 rings (SSSR count). The standard InChI is InChI=1S/C27H45F3/c1-18-2-10-21(11-3-18)22-12-6-19(7-13-22)4-5-20-8-14-23(15-9-20)24-16-25(28)27(30)26(29)17-24/h18-27H,2-17H2,1H3. The van der Waals surface area contributed by atoms with Crippen LogP contribution in [0.2, 0.25) is 0 Å². The highest BCUT2D eigenvalue weighted by atomic mass is 19.2. The number of hydrogen-bond acceptors (Lipinski definition) is 0. The van der Waals surface area contributed by atoms with Crippen molar-refractivity contribution < 1.29 is 13.2 Å². The Hall–Kier alpha value is -0.210. The maximum absolute atomic E-state index is 13.8. The Morgan fingerprint density at radius 2 is 0.867 bits per heavy atom. The molecular formula is C27H45F3. The molecule has 0 N–H and O–H groups in total. The minimum Gasteiger partial charge on any atom is -0.244 e. The Morgan fingerprint density at radius 1 is 0.500 bits per heavy atom. The van der Waals surface area contributed by atoms with Gasteiger partial charge in [0.05, 0.1) is 0 Å². The Bertz CT molecular complexity index is 486. The predicted octanol–water partition coefficient (Wildman–Crippen LogP) is 8.63. The first-order chi connectivity index (χ1) is 14.5. The van der Waals surface area contributed by atoms with Gasteiger partial charge in [-0.25, -0.2) is 13.2 Å². The van der Waals surface area contributed by atoms with Crippen molar-refractivity contribution in [2.24, 2.45) is 41.4 Å². The first-order valence-corrected chi connectivity index (χ1v) is 13.4. The lowest BCUT2D eigenvalue weighted by Crippen LogP contribution is -2.40. The van der Waals surface area contributed by atoms with Crippen LogP contribution in [0.4, 0.5) is 13.2 Å². The van der Waals surface area contributed by atoms with Gasteiger partial charge < -0.3 is 0 Å². The molecule has 174 valence electrons. The molecule has 0 amide bonds. The second-order valence-electron chi connectivity index (χ2n) is 11.9. The van der Waals surface area contributed by atoms with Crippen LogP contribution in [0.25, 0.3) is 0 Å². The average molecular weight is 427 g/mol. The molecule has 4 fully saturated rings. The Labute approximate surface area is 183 Å². The van der Waals surface area contributed by atoms with Crippen LogP contribution in [0.15, 0.2) is 0 Å². The van der Waals surface area contributed by atoms with E-state index in [9.17, 15) is 13.2 Å². The van der Waals surface area contributed by atoms with E-state index in [0.717, 1.165) is 42.4 Å². The molecule has 30 heavy (non-hydrogen) atoms. The van der Waals surface area contributed by atoms with Crippen LogP contribution >= 0.6 is 0 Å². The number of rotatable bonds is 5. The topological polar surface area (TPSA) is 0 Å². The molecule has 2 unspecified atom stereocenters. The summed E-state index contributed by atoms with van der Waals surface area (Å²) in [5.41, 5.74) is 0. The Morgan fingerprint density at radius 3 is 1.30 bits per heavy atom. The van der Waals surface area contributed by atoms with Gasteiger partial charge in [-0.15, -0.1) is 0 Å². The summed E-state index contributed by atoms with van der Waals surface area (Å²) in [6.07, 6.45) is 14.6. The van der Waals surface area contributed by atoms with Gasteiger partial charge in [0.25, 0.3) is 0 Å². The van der Waals surface area contributed by atoms with Gasteiger partial charge in [-0.2, -0.15) is 0 Å². The predicted molar refractivity (Wildman–Crippen MR) is 119 cm³/mol. The van der Waals surface area contributed by atoms with E-state index in [1.54, 1.807) is 0 Å². The molecule has 0 aromatic rings. The first-order valence-electron chi connectivity index (χ1n) is 13.4. The van der Waals surface area contributed by atoms with E-state index in [1.165, 1.54) is 77.0 Å². The second kappa shape index (κ2) is 10.6. The highest BCUT2D eigenvalue weighted by Crippen LogP contribution is 2.45. The number of hydrogen-bond donors (Lipinski definition) is 0. The largest absolute Gasteiger partial charge is 0.244 e. The summed E-state index contributed by atoms with van der Waals surface area (Å²) in [5, 5.41) is 0. The molecular weight excluding hydrogens is 381 g/mol. The van der Waals surface area contributed by atoms with Gasteiger partial charge in [-0.05, 0) is 92.8 Å². The van der Waals surface area contributed by atoms with Crippen molar-refractivity contribution >= 4 is 0 Å². The number of alkyl halides is 3. The summed E-state index contributed by atoms with van der Waals surface area (Å²) in [7, 11) is 0. The van der Waals surface area contributed by atoms with E-state index in [0.29, 0.717) is 5.92 Å². The van der Waals surface area contributed by atoms with E-state index in [1.807, 2.05) is 0 Å². The van der Waals surface area contributed by atoms with Crippen molar-refractivity contribution in [1.82, 2.24) is 0 Å². The summed E-state index contributed by atoms with van der Waals surface area (Å²) in [6.45, 7) is 2.42. The van der Waals surface area contributed by atoms with E-state index in [-0.39, 0.29) is 18.8 Å². The smallest absolute Gasteiger partial charge is 0.162 e. The zero-order chi connectivity index (χ0) is 21.1. The van der Waals surface area contributed by atoms with Crippen LogP contribution in [-0.4, -0.2) is 18.5 Å². The van der Waals surface area contributed by atoms with Crippen molar-refractivity contribution in [1.29, 1.82) is 0 Å². The molecule has 0 nitrogen and oxygen atoms in total. The Kier molecular flexibility index (Phi) is 8.12. The maximum atomic E-state index is 13.8. The van der Waals surface area contributed by atoms with Gasteiger partial charge in [-0.3, -0.25) is 0 Å². The molecule has 4 saturated carbocycles. The minimum absolute atomic E-state index is 0.0704. The summed E-state index contributed by atoms with van der Waals surface area (Å²) in [5.74, 6) is 5.27. The zero-order valence-electron chi connectivity index (χ0n) is 19.2. The zero-order valence-corrected chi connectivity index (χ0v) is 19.2. The van der Waals surface area contributed by atoms with Crippen molar-refractivity contribution in [3.8, 4) is 0 Å².